The van der Waals surface area contributed by atoms with Crippen molar-refractivity contribution in [1.82, 2.24) is 29.5 Å². The zero-order valence-corrected chi connectivity index (χ0v) is 13.5. The van der Waals surface area contributed by atoms with Crippen molar-refractivity contribution in [1.29, 1.82) is 0 Å². The molecule has 8 heteroatoms. The Morgan fingerprint density at radius 3 is 2.58 bits per heavy atom. The Kier molecular flexibility index (Phi) is 3.73. The van der Waals surface area contributed by atoms with E-state index >= 15 is 0 Å². The lowest BCUT2D eigenvalue weighted by Crippen LogP contribution is -2.35. The number of imidazole rings is 1. The molecule has 0 atom stereocenters. The predicted molar refractivity (Wildman–Crippen MR) is 89.6 cm³/mol. The van der Waals surface area contributed by atoms with Crippen molar-refractivity contribution >= 4 is 11.6 Å². The quantitative estimate of drug-likeness (QED) is 0.774. The third kappa shape index (κ3) is 2.88. The van der Waals surface area contributed by atoms with Crippen LogP contribution in [0.15, 0.2) is 30.7 Å². The zero-order valence-electron chi connectivity index (χ0n) is 13.5. The molecular weight excluding hydrogens is 306 g/mol. The van der Waals surface area contributed by atoms with Gasteiger partial charge in [0.2, 0.25) is 11.8 Å². The zero-order chi connectivity index (χ0) is 16.5. The van der Waals surface area contributed by atoms with Crippen LogP contribution < -0.4 is 10.5 Å². The molecule has 0 radical (unpaired) electrons. The molecular formula is C16H19N7O. The first-order valence-electron chi connectivity index (χ1n) is 7.97. The summed E-state index contributed by atoms with van der Waals surface area (Å²) in [6, 6.07) is 3.77. The molecule has 124 valence electrons. The van der Waals surface area contributed by atoms with Gasteiger partial charge in [0, 0.05) is 37.1 Å². The Hall–Kier alpha value is -2.74. The Bertz CT molecular complexity index is 837. The predicted octanol–water partition coefficient (Wildman–Crippen LogP) is 1.24. The molecule has 0 aliphatic carbocycles. The van der Waals surface area contributed by atoms with Crippen molar-refractivity contribution in [3.63, 3.8) is 0 Å². The number of anilines is 1. The molecule has 0 unspecified atom stereocenters. The van der Waals surface area contributed by atoms with Crippen LogP contribution in [0.3, 0.4) is 0 Å². The second-order valence-corrected chi connectivity index (χ2v) is 6.04. The maximum atomic E-state index is 6.05. The molecule has 1 aliphatic rings. The van der Waals surface area contributed by atoms with Crippen LogP contribution in [0.4, 0.5) is 5.95 Å². The second kappa shape index (κ2) is 6.04. The highest BCUT2D eigenvalue weighted by atomic mass is 16.5. The molecule has 8 nitrogen and oxygen atoms in total. The lowest BCUT2D eigenvalue weighted by atomic mass is 10.1. The summed E-state index contributed by atoms with van der Waals surface area (Å²) in [5.74, 6) is 0.847. The smallest absolute Gasteiger partial charge is 0.232 e. The van der Waals surface area contributed by atoms with E-state index in [0.717, 1.165) is 42.8 Å². The number of rotatable bonds is 3. The van der Waals surface area contributed by atoms with Crippen LogP contribution in [-0.4, -0.2) is 55.7 Å². The van der Waals surface area contributed by atoms with E-state index in [1.54, 1.807) is 23.1 Å². The van der Waals surface area contributed by atoms with Crippen molar-refractivity contribution in [2.45, 2.75) is 18.9 Å². The molecule has 0 aromatic carbocycles. The van der Waals surface area contributed by atoms with Crippen LogP contribution in [0.1, 0.15) is 12.8 Å². The van der Waals surface area contributed by atoms with Crippen LogP contribution in [-0.2, 0) is 0 Å². The van der Waals surface area contributed by atoms with E-state index < -0.39 is 0 Å². The maximum Gasteiger partial charge on any atom is 0.232 e. The Morgan fingerprint density at radius 1 is 1.08 bits per heavy atom. The van der Waals surface area contributed by atoms with Gasteiger partial charge in [-0.2, -0.15) is 0 Å². The summed E-state index contributed by atoms with van der Waals surface area (Å²) in [6.45, 7) is 2.10. The SMILES string of the molecule is CN1CCC(Oc2ccc3ncc(-c4cnc(N)nc4)n3n2)CC1. The fraction of sp³-hybridized carbons (Fsp3) is 0.375. The van der Waals surface area contributed by atoms with Gasteiger partial charge in [0.1, 0.15) is 6.10 Å². The van der Waals surface area contributed by atoms with Gasteiger partial charge in [-0.3, -0.25) is 0 Å². The van der Waals surface area contributed by atoms with Gasteiger partial charge in [-0.05, 0) is 26.0 Å². The highest BCUT2D eigenvalue weighted by Crippen LogP contribution is 2.22. The monoisotopic (exact) mass is 325 g/mol. The van der Waals surface area contributed by atoms with Gasteiger partial charge < -0.3 is 15.4 Å². The van der Waals surface area contributed by atoms with E-state index in [9.17, 15) is 0 Å². The first kappa shape index (κ1) is 14.8. The molecule has 1 saturated heterocycles. The molecule has 0 bridgehead atoms. The third-order valence-corrected chi connectivity index (χ3v) is 4.26. The van der Waals surface area contributed by atoms with Crippen molar-refractivity contribution in [2.75, 3.05) is 25.9 Å². The number of nitrogen functional groups attached to an aromatic ring is 1. The van der Waals surface area contributed by atoms with Crippen LogP contribution >= 0.6 is 0 Å². The fourth-order valence-electron chi connectivity index (χ4n) is 2.86. The third-order valence-electron chi connectivity index (χ3n) is 4.26. The van der Waals surface area contributed by atoms with Crippen molar-refractivity contribution in [3.8, 4) is 17.1 Å². The molecule has 3 aromatic rings. The molecule has 0 spiro atoms. The summed E-state index contributed by atoms with van der Waals surface area (Å²) < 4.78 is 7.80. The number of piperidine rings is 1. The molecule has 1 aliphatic heterocycles. The highest BCUT2D eigenvalue weighted by Gasteiger charge is 2.19. The molecule has 0 amide bonds. The van der Waals surface area contributed by atoms with E-state index in [4.69, 9.17) is 10.5 Å². The number of hydrogen-bond donors (Lipinski definition) is 1. The first-order chi connectivity index (χ1) is 11.7. The minimum atomic E-state index is 0.206. The van der Waals surface area contributed by atoms with Crippen molar-refractivity contribution < 1.29 is 4.74 Å². The Labute approximate surface area is 139 Å². The van der Waals surface area contributed by atoms with Gasteiger partial charge in [-0.15, -0.1) is 5.10 Å². The average Bonchev–Trinajstić information content (AvgIpc) is 3.01. The normalized spacial score (nSPS) is 16.5. The number of fused-ring (bicyclic) bond motifs is 1. The van der Waals surface area contributed by atoms with Crippen LogP contribution in [0.2, 0.25) is 0 Å². The van der Waals surface area contributed by atoms with Gasteiger partial charge in [-0.1, -0.05) is 0 Å². The minimum Gasteiger partial charge on any atom is -0.473 e. The molecule has 4 rings (SSSR count). The van der Waals surface area contributed by atoms with E-state index in [0.29, 0.717) is 5.88 Å². The number of likely N-dealkylation sites (tertiary alicyclic amines) is 1. The highest BCUT2D eigenvalue weighted by molar-refractivity contribution is 5.61. The van der Waals surface area contributed by atoms with Crippen LogP contribution in [0.25, 0.3) is 16.9 Å². The number of hydrogen-bond acceptors (Lipinski definition) is 7. The van der Waals surface area contributed by atoms with Gasteiger partial charge in [0.05, 0.1) is 11.9 Å². The number of nitrogens with two attached hydrogens (primary N) is 1. The summed E-state index contributed by atoms with van der Waals surface area (Å²) in [7, 11) is 2.13. The van der Waals surface area contributed by atoms with E-state index in [1.807, 2.05) is 12.1 Å². The van der Waals surface area contributed by atoms with E-state index in [-0.39, 0.29) is 12.1 Å². The average molecular weight is 325 g/mol. The number of ether oxygens (including phenoxy) is 1. The number of nitrogens with zero attached hydrogens (tertiary/aromatic N) is 6. The topological polar surface area (TPSA) is 94.5 Å². The molecule has 24 heavy (non-hydrogen) atoms. The standard InChI is InChI=1S/C16H19N7O/c1-22-6-4-12(5-7-22)24-15-3-2-14-18-10-13(23(14)21-15)11-8-19-16(17)20-9-11/h2-3,8-10,12H,4-7H2,1H3,(H2,17,19,20). The van der Waals surface area contributed by atoms with Crippen molar-refractivity contribution in [3.05, 3.63) is 30.7 Å². The number of aromatic nitrogens is 5. The van der Waals surface area contributed by atoms with E-state index in [1.165, 1.54) is 0 Å². The maximum absolute atomic E-state index is 6.05. The van der Waals surface area contributed by atoms with E-state index in [2.05, 4.69) is 32.0 Å². The summed E-state index contributed by atoms with van der Waals surface area (Å²) in [5, 5.41) is 4.58. The van der Waals surface area contributed by atoms with Gasteiger partial charge in [0.25, 0.3) is 0 Å². The Balaban J connectivity index is 1.62. The summed E-state index contributed by atoms with van der Waals surface area (Å²) >= 11 is 0. The van der Waals surface area contributed by atoms with Crippen molar-refractivity contribution in [2.24, 2.45) is 0 Å². The van der Waals surface area contributed by atoms with Crippen LogP contribution in [0.5, 0.6) is 5.88 Å². The van der Waals surface area contributed by atoms with Gasteiger partial charge in [-0.25, -0.2) is 19.5 Å². The molecule has 2 N–H and O–H groups in total. The van der Waals surface area contributed by atoms with Crippen LogP contribution in [0, 0.1) is 0 Å². The van der Waals surface area contributed by atoms with Gasteiger partial charge in [0.15, 0.2) is 5.65 Å². The Morgan fingerprint density at radius 2 is 1.83 bits per heavy atom. The molecule has 0 saturated carbocycles. The first-order valence-corrected chi connectivity index (χ1v) is 7.97. The lowest BCUT2D eigenvalue weighted by molar-refractivity contribution is 0.109. The summed E-state index contributed by atoms with van der Waals surface area (Å²) in [6.07, 6.45) is 7.31. The second-order valence-electron chi connectivity index (χ2n) is 6.04. The summed E-state index contributed by atoms with van der Waals surface area (Å²) in [4.78, 5) is 14.7. The minimum absolute atomic E-state index is 0.206. The summed E-state index contributed by atoms with van der Waals surface area (Å²) in [5.41, 5.74) is 7.91. The molecule has 3 aromatic heterocycles. The van der Waals surface area contributed by atoms with Gasteiger partial charge >= 0.3 is 0 Å². The fourth-order valence-corrected chi connectivity index (χ4v) is 2.86. The molecule has 4 heterocycles. The largest absolute Gasteiger partial charge is 0.473 e. The lowest BCUT2D eigenvalue weighted by Gasteiger charge is -2.28. The molecule has 1 fully saturated rings.